The smallest absolute Gasteiger partial charge is 0.229 e. The fourth-order valence-electron chi connectivity index (χ4n) is 1.67. The number of benzene rings is 1. The van der Waals surface area contributed by atoms with Crippen molar-refractivity contribution in [1.29, 1.82) is 0 Å². The Hall–Kier alpha value is -0.250. The molecule has 1 amide bonds. The first kappa shape index (κ1) is 13.2. The largest absolute Gasteiger partial charge is 0.351 e. The molecule has 0 heterocycles. The summed E-state index contributed by atoms with van der Waals surface area (Å²) in [5, 5.41) is 2.86. The lowest BCUT2D eigenvalue weighted by molar-refractivity contribution is -0.125. The predicted octanol–water partition coefficient (Wildman–Crippen LogP) is 3.65. The lowest BCUT2D eigenvalue weighted by atomic mass is 10.1. The zero-order chi connectivity index (χ0) is 12.7. The minimum Gasteiger partial charge on any atom is -0.351 e. The first-order valence-electron chi connectivity index (χ1n) is 5.26. The van der Waals surface area contributed by atoms with Gasteiger partial charge in [0.25, 0.3) is 0 Å². The maximum atomic E-state index is 11.9. The summed E-state index contributed by atoms with van der Waals surface area (Å²) in [7, 11) is 0. The highest BCUT2D eigenvalue weighted by Gasteiger charge is 2.67. The fourth-order valence-corrected chi connectivity index (χ4v) is 2.82. The van der Waals surface area contributed by atoms with Crippen LogP contribution in [0.1, 0.15) is 18.9 Å². The second-order valence-corrected chi connectivity index (χ2v) is 6.93. The maximum absolute atomic E-state index is 11.9. The molecule has 1 fully saturated rings. The van der Waals surface area contributed by atoms with Crippen LogP contribution in [0.3, 0.4) is 0 Å². The van der Waals surface area contributed by atoms with Gasteiger partial charge in [0.1, 0.15) is 4.33 Å². The van der Waals surface area contributed by atoms with E-state index in [1.807, 2.05) is 24.3 Å². The van der Waals surface area contributed by atoms with Crippen molar-refractivity contribution in [1.82, 2.24) is 5.32 Å². The summed E-state index contributed by atoms with van der Waals surface area (Å²) in [6, 6.07) is 7.78. The van der Waals surface area contributed by atoms with Crippen LogP contribution in [-0.2, 0) is 11.3 Å². The van der Waals surface area contributed by atoms with Crippen LogP contribution < -0.4 is 5.32 Å². The summed E-state index contributed by atoms with van der Waals surface area (Å²) >= 11 is 15.3. The molecule has 0 aromatic heterocycles. The lowest BCUT2D eigenvalue weighted by Crippen LogP contribution is -2.32. The molecule has 0 saturated heterocycles. The molecule has 1 aromatic rings. The Morgan fingerprint density at radius 2 is 2.18 bits per heavy atom. The highest BCUT2D eigenvalue weighted by Crippen LogP contribution is 2.63. The Bertz CT molecular complexity index is 464. The topological polar surface area (TPSA) is 29.1 Å². The van der Waals surface area contributed by atoms with Crippen LogP contribution in [0.25, 0.3) is 0 Å². The number of carbonyl (C=O) groups excluding carboxylic acids is 1. The monoisotopic (exact) mass is 335 g/mol. The summed E-state index contributed by atoms with van der Waals surface area (Å²) in [6.45, 7) is 2.26. The molecule has 1 N–H and O–H groups in total. The maximum Gasteiger partial charge on any atom is 0.229 e. The van der Waals surface area contributed by atoms with Gasteiger partial charge in [-0.05, 0) is 31.0 Å². The average Bonchev–Trinajstić information content (AvgIpc) is 2.76. The second kappa shape index (κ2) is 4.45. The Balaban J connectivity index is 1.94. The molecular weight excluding hydrogens is 325 g/mol. The van der Waals surface area contributed by atoms with Gasteiger partial charge < -0.3 is 5.32 Å². The van der Waals surface area contributed by atoms with Gasteiger partial charge in [0.05, 0.1) is 5.41 Å². The van der Waals surface area contributed by atoms with Crippen molar-refractivity contribution < 1.29 is 4.79 Å². The molecule has 92 valence electrons. The zero-order valence-corrected chi connectivity index (χ0v) is 12.4. The van der Waals surface area contributed by atoms with E-state index in [9.17, 15) is 4.79 Å². The van der Waals surface area contributed by atoms with Crippen molar-refractivity contribution in [2.45, 2.75) is 24.2 Å². The summed E-state index contributed by atoms with van der Waals surface area (Å²) < 4.78 is 0.0832. The third-order valence-electron chi connectivity index (χ3n) is 3.10. The van der Waals surface area contributed by atoms with E-state index in [2.05, 4.69) is 21.2 Å². The zero-order valence-electron chi connectivity index (χ0n) is 9.27. The van der Waals surface area contributed by atoms with Gasteiger partial charge in [-0.25, -0.2) is 0 Å². The van der Waals surface area contributed by atoms with Gasteiger partial charge in [0.2, 0.25) is 5.91 Å². The molecule has 1 aliphatic carbocycles. The van der Waals surface area contributed by atoms with E-state index in [0.29, 0.717) is 13.0 Å². The first-order valence-corrected chi connectivity index (χ1v) is 6.81. The van der Waals surface area contributed by atoms with Crippen molar-refractivity contribution in [2.24, 2.45) is 5.41 Å². The number of halogens is 3. The molecule has 2 nitrogen and oxygen atoms in total. The van der Waals surface area contributed by atoms with Crippen LogP contribution in [0, 0.1) is 5.41 Å². The Morgan fingerprint density at radius 1 is 1.53 bits per heavy atom. The van der Waals surface area contributed by atoms with E-state index in [-0.39, 0.29) is 5.91 Å². The summed E-state index contributed by atoms with van der Waals surface area (Å²) in [6.07, 6.45) is 0.507. The summed E-state index contributed by atoms with van der Waals surface area (Å²) in [4.78, 5) is 11.9. The Labute approximate surface area is 119 Å². The van der Waals surface area contributed by atoms with Gasteiger partial charge in [-0.15, -0.1) is 23.2 Å². The predicted molar refractivity (Wildman–Crippen MR) is 73.1 cm³/mol. The number of nitrogens with one attached hydrogen (secondary N) is 1. The lowest BCUT2D eigenvalue weighted by Gasteiger charge is -2.12. The molecule has 0 bridgehead atoms. The standard InChI is InChI=1S/C12H12BrCl2NO/c1-11(7-12(11,14)15)10(17)16-6-8-3-2-4-9(13)5-8/h2-5H,6-7H2,1H3,(H,16,17). The molecule has 1 atom stereocenters. The quantitative estimate of drug-likeness (QED) is 0.839. The molecule has 1 unspecified atom stereocenters. The molecule has 17 heavy (non-hydrogen) atoms. The second-order valence-electron chi connectivity index (χ2n) is 4.53. The van der Waals surface area contributed by atoms with E-state index in [1.54, 1.807) is 6.92 Å². The van der Waals surface area contributed by atoms with Crippen molar-refractivity contribution >= 4 is 45.0 Å². The number of rotatable bonds is 3. The molecule has 1 saturated carbocycles. The SMILES string of the molecule is CC1(C(=O)NCc2cccc(Br)c2)CC1(Cl)Cl. The van der Waals surface area contributed by atoms with Crippen LogP contribution in [-0.4, -0.2) is 10.2 Å². The number of carbonyl (C=O) groups is 1. The summed E-state index contributed by atoms with van der Waals surface area (Å²) in [5.74, 6) is -0.0949. The van der Waals surface area contributed by atoms with E-state index >= 15 is 0 Å². The van der Waals surface area contributed by atoms with Crippen LogP contribution in [0.4, 0.5) is 0 Å². The fraction of sp³-hybridized carbons (Fsp3) is 0.417. The van der Waals surface area contributed by atoms with E-state index in [1.165, 1.54) is 0 Å². The number of alkyl halides is 2. The highest BCUT2D eigenvalue weighted by molar-refractivity contribution is 9.10. The van der Waals surface area contributed by atoms with Gasteiger partial charge in [0, 0.05) is 11.0 Å². The van der Waals surface area contributed by atoms with Gasteiger partial charge in [-0.3, -0.25) is 4.79 Å². The number of hydrogen-bond donors (Lipinski definition) is 1. The van der Waals surface area contributed by atoms with E-state index < -0.39 is 9.75 Å². The van der Waals surface area contributed by atoms with Crippen molar-refractivity contribution in [3.8, 4) is 0 Å². The molecule has 1 aliphatic rings. The van der Waals surface area contributed by atoms with Crippen LogP contribution in [0.2, 0.25) is 0 Å². The third kappa shape index (κ3) is 2.61. The van der Waals surface area contributed by atoms with Crippen LogP contribution in [0.5, 0.6) is 0 Å². The minimum atomic E-state index is -0.908. The van der Waals surface area contributed by atoms with Crippen LogP contribution in [0.15, 0.2) is 28.7 Å². The van der Waals surface area contributed by atoms with E-state index in [4.69, 9.17) is 23.2 Å². The number of amides is 1. The Morgan fingerprint density at radius 3 is 2.71 bits per heavy atom. The molecule has 0 aliphatic heterocycles. The molecule has 0 spiro atoms. The Kier molecular flexibility index (Phi) is 3.45. The first-order chi connectivity index (χ1) is 7.85. The van der Waals surface area contributed by atoms with Crippen molar-refractivity contribution in [2.75, 3.05) is 0 Å². The average molecular weight is 337 g/mol. The van der Waals surface area contributed by atoms with Gasteiger partial charge in [0.15, 0.2) is 0 Å². The summed E-state index contributed by atoms with van der Waals surface area (Å²) in [5.41, 5.74) is 0.383. The molecule has 1 aromatic carbocycles. The minimum absolute atomic E-state index is 0.0949. The molecule has 2 rings (SSSR count). The third-order valence-corrected chi connectivity index (χ3v) is 4.70. The van der Waals surface area contributed by atoms with Gasteiger partial charge >= 0.3 is 0 Å². The van der Waals surface area contributed by atoms with Gasteiger partial charge in [-0.2, -0.15) is 0 Å². The van der Waals surface area contributed by atoms with Crippen LogP contribution >= 0.6 is 39.1 Å². The highest BCUT2D eigenvalue weighted by atomic mass is 79.9. The normalized spacial score (nSPS) is 25.4. The van der Waals surface area contributed by atoms with E-state index in [0.717, 1.165) is 10.0 Å². The number of hydrogen-bond acceptors (Lipinski definition) is 1. The van der Waals surface area contributed by atoms with Gasteiger partial charge in [-0.1, -0.05) is 28.1 Å². The molecule has 5 heteroatoms. The molecule has 0 radical (unpaired) electrons. The molecular formula is C12H12BrCl2NO. The van der Waals surface area contributed by atoms with Crippen molar-refractivity contribution in [3.05, 3.63) is 34.3 Å². The van der Waals surface area contributed by atoms with Crippen molar-refractivity contribution in [3.63, 3.8) is 0 Å².